The van der Waals surface area contributed by atoms with E-state index in [1.807, 2.05) is 97.1 Å². The van der Waals surface area contributed by atoms with E-state index in [0.29, 0.717) is 31.6 Å². The van der Waals surface area contributed by atoms with Crippen molar-refractivity contribution in [2.75, 3.05) is 137 Å². The maximum absolute atomic E-state index is 13.4. The van der Waals surface area contributed by atoms with E-state index in [1.165, 1.54) is 21.1 Å². The Labute approximate surface area is 678 Å². The smallest absolute Gasteiger partial charge is 0.305 e. The molecule has 30 nitrogen and oxygen atoms in total. The average Bonchev–Trinajstić information content (AvgIpc) is 0.808. The lowest BCUT2D eigenvalue weighted by molar-refractivity contribution is -0.140. The summed E-state index contributed by atoms with van der Waals surface area (Å²) in [4.78, 5) is 150. The quantitative estimate of drug-likeness (QED) is 0.0152. The molecule has 2 aliphatic rings. The van der Waals surface area contributed by atoms with Crippen molar-refractivity contribution >= 4 is 82.2 Å². The van der Waals surface area contributed by atoms with Gasteiger partial charge in [0.05, 0.1) is 136 Å². The summed E-state index contributed by atoms with van der Waals surface area (Å²) in [5.41, 5.74) is 3.87. The number of rotatable bonds is 52. The van der Waals surface area contributed by atoms with Gasteiger partial charge < -0.3 is 89.6 Å². The molecule has 0 spiro atoms. The number of para-hydroxylation sites is 2. The second-order valence-corrected chi connectivity index (χ2v) is 25.5. The van der Waals surface area contributed by atoms with Gasteiger partial charge in [-0.3, -0.25) is 57.5 Å². The number of carbonyl (C=O) groups excluding carboxylic acids is 9. The lowest BCUT2D eigenvalue weighted by Crippen LogP contribution is -2.59. The fraction of sp³-hybridized carbons (Fsp3) is 0.529. The molecule has 0 unspecified atom stereocenters. The van der Waals surface area contributed by atoms with Gasteiger partial charge in [-0.05, 0) is 60.4 Å². The number of Topliss-reactive ketones (excluding diaryl/α,β-unsaturated/α-hetero) is 2. The molecule has 2 aliphatic heterocycles. The Morgan fingerprint density at radius 3 is 0.887 bits per heavy atom. The minimum Gasteiger partial charge on any atom is -0.481 e. The molecule has 115 heavy (non-hydrogen) atoms. The molecule has 2 heterocycles. The van der Waals surface area contributed by atoms with Crippen LogP contribution in [0.15, 0.2) is 97.1 Å². The molecule has 638 valence electrons. The Balaban J connectivity index is 0. The van der Waals surface area contributed by atoms with Crippen molar-refractivity contribution in [3.63, 3.8) is 0 Å². The highest BCUT2D eigenvalue weighted by Gasteiger charge is 2.36. The molecule has 4 aromatic rings. The molecule has 30 heteroatoms. The van der Waals surface area contributed by atoms with Crippen molar-refractivity contribution in [3.05, 3.63) is 130 Å². The number of aliphatic carboxylic acids is 3. The van der Waals surface area contributed by atoms with Gasteiger partial charge in [-0.2, -0.15) is 0 Å². The van der Waals surface area contributed by atoms with E-state index in [2.05, 4.69) is 50.3 Å². The number of carboxylic acid groups (broad SMARTS) is 3. The first-order chi connectivity index (χ1) is 52.6. The minimum atomic E-state index is -1.39. The van der Waals surface area contributed by atoms with Gasteiger partial charge in [0.1, 0.15) is 22.6 Å². The number of carboxylic acids is 3. The van der Waals surface area contributed by atoms with Gasteiger partial charge in [-0.15, -0.1) is 0 Å². The fourth-order valence-electron chi connectivity index (χ4n) is 10.8. The minimum absolute atomic E-state index is 0. The van der Waals surface area contributed by atoms with Crippen LogP contribution in [0.25, 0.3) is 0 Å². The van der Waals surface area contributed by atoms with Crippen LogP contribution < -0.4 is 36.4 Å². The van der Waals surface area contributed by atoms with E-state index in [4.69, 9.17) is 53.2 Å². The van der Waals surface area contributed by atoms with Crippen LogP contribution in [0.2, 0.25) is 0 Å². The highest BCUT2D eigenvalue weighted by molar-refractivity contribution is 5.98. The molecule has 0 saturated heterocycles. The number of carbonyl (C=O) groups is 12. The fourth-order valence-corrected chi connectivity index (χ4v) is 10.8. The van der Waals surface area contributed by atoms with Crippen molar-refractivity contribution in [1.29, 1.82) is 0 Å². The molecular weight excluding hydrogens is 1490 g/mol. The molecular formula is C85H125N7O23. The second-order valence-electron chi connectivity index (χ2n) is 25.5. The Bertz CT molecular complexity index is 3690. The number of hydrogen-bond acceptors (Lipinski definition) is 20. The van der Waals surface area contributed by atoms with Crippen molar-refractivity contribution < 1.29 is 111 Å². The number of ether oxygens (including phenoxy) is 8. The average molecular weight is 1610 g/mol. The summed E-state index contributed by atoms with van der Waals surface area (Å²) in [6, 6.07) is 30.3. The number of fused-ring (bicyclic) bond motifs is 4. The molecule has 0 bridgehead atoms. The Hall–Kier alpha value is -10.3. The Kier molecular flexibility index (Phi) is 56.0. The lowest BCUT2D eigenvalue weighted by Gasteiger charge is -2.34. The van der Waals surface area contributed by atoms with Gasteiger partial charge in [0.25, 0.3) is 0 Å². The van der Waals surface area contributed by atoms with Crippen LogP contribution in [0.3, 0.4) is 0 Å². The van der Waals surface area contributed by atoms with Gasteiger partial charge in [0, 0.05) is 127 Å². The molecule has 0 saturated carbocycles. The van der Waals surface area contributed by atoms with Crippen molar-refractivity contribution in [1.82, 2.24) is 26.6 Å². The Morgan fingerprint density at radius 1 is 0.322 bits per heavy atom. The van der Waals surface area contributed by atoms with E-state index in [1.54, 1.807) is 9.80 Å². The van der Waals surface area contributed by atoms with Crippen LogP contribution in [0.1, 0.15) is 181 Å². The van der Waals surface area contributed by atoms with Crippen molar-refractivity contribution in [3.8, 4) is 23.7 Å². The lowest BCUT2D eigenvalue weighted by atomic mass is 10.0. The number of nitrogens with zero attached hydrogens (tertiary/aromatic N) is 2. The van der Waals surface area contributed by atoms with E-state index in [0.717, 1.165) is 39.1 Å². The van der Waals surface area contributed by atoms with Gasteiger partial charge in [-0.1, -0.05) is 129 Å². The molecule has 0 aromatic heterocycles. The van der Waals surface area contributed by atoms with E-state index < -0.39 is 40.8 Å². The van der Waals surface area contributed by atoms with Gasteiger partial charge in [-0.25, -0.2) is 0 Å². The first-order valence-corrected chi connectivity index (χ1v) is 36.1. The third kappa shape index (κ3) is 42.1. The summed E-state index contributed by atoms with van der Waals surface area (Å²) < 4.78 is 45.0. The van der Waals surface area contributed by atoms with E-state index >= 15 is 0 Å². The SMILES string of the molecule is C.C.C.C.C.C.CNC(=O)CCOCC(COCCC(=O)NC)(COCCC(=O)NC)NC(=O)CCOCCCC(=O)CCC(=O)N1Cc2ccccc2C#Cc2ccccc21.O=C(O)CCOCC(COCCC(=O)O)(COCCC(=O)O)NC(=O)CCOCCCC(=O)CCC(=O)N1Cc2ccccc2C#Cc2ccccc21. The second kappa shape index (κ2) is 60.3. The van der Waals surface area contributed by atoms with Crippen molar-refractivity contribution in [2.45, 2.75) is 171 Å². The van der Waals surface area contributed by atoms with Crippen LogP contribution in [-0.2, 0) is 109 Å². The summed E-state index contributed by atoms with van der Waals surface area (Å²) >= 11 is 0. The molecule has 7 amide bonds. The maximum Gasteiger partial charge on any atom is 0.305 e. The maximum atomic E-state index is 13.4. The molecule has 4 aromatic carbocycles. The van der Waals surface area contributed by atoms with Crippen LogP contribution in [0.5, 0.6) is 0 Å². The molecule has 0 aliphatic carbocycles. The van der Waals surface area contributed by atoms with Crippen LogP contribution in [-0.4, -0.2) is 224 Å². The predicted molar refractivity (Wildman–Crippen MR) is 438 cm³/mol. The van der Waals surface area contributed by atoms with Gasteiger partial charge >= 0.3 is 17.9 Å². The number of amides is 7. The predicted octanol–water partition coefficient (Wildman–Crippen LogP) is 8.40. The number of nitrogens with one attached hydrogen (secondary N) is 5. The van der Waals surface area contributed by atoms with E-state index in [-0.39, 0.29) is 281 Å². The summed E-state index contributed by atoms with van der Waals surface area (Å²) in [5.74, 6) is 7.37. The monoisotopic (exact) mass is 1610 g/mol. The van der Waals surface area contributed by atoms with Crippen LogP contribution >= 0.6 is 0 Å². The molecule has 6 rings (SSSR count). The zero-order valence-electron chi connectivity index (χ0n) is 62.2. The zero-order valence-corrected chi connectivity index (χ0v) is 62.2. The van der Waals surface area contributed by atoms with Gasteiger partial charge in [0.2, 0.25) is 41.4 Å². The van der Waals surface area contributed by atoms with Crippen LogP contribution in [0.4, 0.5) is 11.4 Å². The summed E-state index contributed by atoms with van der Waals surface area (Å²) in [6.07, 6.45) is 0.672. The third-order valence-corrected chi connectivity index (χ3v) is 16.7. The number of ketones is 2. The third-order valence-electron chi connectivity index (χ3n) is 16.7. The number of benzene rings is 4. The standard InChI is InChI=1S/C41H55N5O10.C38H46N2O13.6CH4/c1-42-36(48)18-24-54-28-41(29-55-25-19-37(49)43-2,30-56-26-20-38(50)44-3)45-39(51)21-23-53-22-8-12-34(47)16-17-40(52)46-27-33-11-5-4-9-31(33)14-15-32-10-6-7-13-35(32)46;41-31(13-14-34(43)40-24-30-8-2-1-6-28(30)11-12-29-7-3-4-10-32(29)40)9-5-19-50-20-15-33(42)39-38(25-51-21-16-35(44)45,26-52-22-17-36(46)47)27-53-23-18-37(48)49;;;;;;/h4-7,9-11,13H,8,12,16-30H2,1-3H3,(H,42,48)(H,43,49)(H,44,50)(H,45,51);1-4,6-8,10H,5,9,13-27H2,(H,39,42)(H,44,45)(H,46,47)(H,48,49);6*1H4. The topological polar surface area (TPSA) is 406 Å². The van der Waals surface area contributed by atoms with Crippen molar-refractivity contribution in [2.24, 2.45) is 0 Å². The van der Waals surface area contributed by atoms with Gasteiger partial charge in [0.15, 0.2) is 0 Å². The number of hydrogen-bond donors (Lipinski definition) is 8. The largest absolute Gasteiger partial charge is 0.481 e. The highest BCUT2D eigenvalue weighted by Crippen LogP contribution is 2.29. The molecule has 0 fully saturated rings. The normalized spacial score (nSPS) is 11.3. The first kappa shape index (κ1) is 107. The number of anilines is 2. The van der Waals surface area contributed by atoms with E-state index in [9.17, 15) is 57.5 Å². The van der Waals surface area contributed by atoms with Crippen LogP contribution in [0, 0.1) is 23.7 Å². The Morgan fingerprint density at radius 2 is 0.583 bits per heavy atom. The summed E-state index contributed by atoms with van der Waals surface area (Å²) in [5, 5.41) is 40.0. The first-order valence-electron chi connectivity index (χ1n) is 36.1. The zero-order chi connectivity index (χ0) is 79.1. The molecule has 8 N–H and O–H groups in total. The summed E-state index contributed by atoms with van der Waals surface area (Å²) in [6.45, 7) is -0.200. The molecule has 0 radical (unpaired) electrons. The summed E-state index contributed by atoms with van der Waals surface area (Å²) in [7, 11) is 4.55. The molecule has 0 atom stereocenters. The highest BCUT2D eigenvalue weighted by atomic mass is 16.5.